The summed E-state index contributed by atoms with van der Waals surface area (Å²) in [7, 11) is 0. The van der Waals surface area contributed by atoms with E-state index in [0.717, 1.165) is 11.1 Å². The second-order valence-electron chi connectivity index (χ2n) is 6.06. The van der Waals surface area contributed by atoms with Gasteiger partial charge >= 0.3 is 6.61 Å². The molecule has 0 heterocycles. The first-order chi connectivity index (χ1) is 12.3. The third-order valence-corrected chi connectivity index (χ3v) is 3.88. The number of benzene rings is 2. The molecule has 2 aromatic rings. The quantitative estimate of drug-likeness (QED) is 0.697. The zero-order valence-corrected chi connectivity index (χ0v) is 15.4. The van der Waals surface area contributed by atoms with Crippen LogP contribution in [0.5, 0.6) is 11.5 Å². The van der Waals surface area contributed by atoms with Crippen LogP contribution in [0.3, 0.4) is 0 Å². The molecule has 26 heavy (non-hydrogen) atoms. The summed E-state index contributed by atoms with van der Waals surface area (Å²) in [5.41, 5.74) is 2.41. The summed E-state index contributed by atoms with van der Waals surface area (Å²) in [4.78, 5) is 12.1. The van der Waals surface area contributed by atoms with E-state index in [1.807, 2.05) is 39.0 Å². The Bertz CT molecular complexity index is 781. The molecule has 0 aromatic heterocycles. The first-order valence-electron chi connectivity index (χ1n) is 8.04. The van der Waals surface area contributed by atoms with Crippen LogP contribution in [0.15, 0.2) is 36.4 Å². The smallest absolute Gasteiger partial charge is 0.387 e. The van der Waals surface area contributed by atoms with Crippen molar-refractivity contribution in [3.8, 4) is 11.5 Å². The van der Waals surface area contributed by atoms with Gasteiger partial charge in [-0.05, 0) is 48.2 Å². The fourth-order valence-electron chi connectivity index (χ4n) is 2.35. The van der Waals surface area contributed by atoms with Gasteiger partial charge in [0.2, 0.25) is 0 Å². The highest BCUT2D eigenvalue weighted by Crippen LogP contribution is 2.29. The van der Waals surface area contributed by atoms with E-state index in [-0.39, 0.29) is 29.2 Å². The lowest BCUT2D eigenvalue weighted by Gasteiger charge is -2.15. The summed E-state index contributed by atoms with van der Waals surface area (Å²) in [5.74, 6) is 0.376. The summed E-state index contributed by atoms with van der Waals surface area (Å²) in [6.45, 7) is 2.88. The molecule has 4 nitrogen and oxygen atoms in total. The number of alkyl halides is 2. The first kappa shape index (κ1) is 20.0. The van der Waals surface area contributed by atoms with Crippen molar-refractivity contribution >= 4 is 23.2 Å². The Morgan fingerprint density at radius 1 is 1.15 bits per heavy atom. The van der Waals surface area contributed by atoms with E-state index in [9.17, 15) is 13.6 Å². The number of ether oxygens (including phenoxy) is 2. The third-order valence-electron chi connectivity index (χ3n) is 3.58. The van der Waals surface area contributed by atoms with E-state index >= 15 is 0 Å². The second-order valence-corrected chi connectivity index (χ2v) is 6.46. The lowest BCUT2D eigenvalue weighted by atomic mass is 10.0. The van der Waals surface area contributed by atoms with Gasteiger partial charge in [-0.2, -0.15) is 8.78 Å². The van der Waals surface area contributed by atoms with Crippen molar-refractivity contribution in [3.63, 3.8) is 0 Å². The summed E-state index contributed by atoms with van der Waals surface area (Å²) in [5, 5.41) is 2.58. The predicted octanol–water partition coefficient (Wildman–Crippen LogP) is 5.39. The SMILES string of the molecule is Cc1ccc(C(C)C)c(OCC(=O)Nc2ccc(OC(F)F)c(Cl)c2)c1. The average Bonchev–Trinajstić information content (AvgIpc) is 2.55. The van der Waals surface area contributed by atoms with Gasteiger partial charge in [-0.3, -0.25) is 4.79 Å². The zero-order chi connectivity index (χ0) is 19.3. The molecule has 0 bridgehead atoms. The summed E-state index contributed by atoms with van der Waals surface area (Å²) < 4.78 is 34.4. The highest BCUT2D eigenvalue weighted by Gasteiger charge is 2.12. The van der Waals surface area contributed by atoms with Gasteiger partial charge in [0.05, 0.1) is 5.02 Å². The van der Waals surface area contributed by atoms with Gasteiger partial charge in [0, 0.05) is 5.69 Å². The van der Waals surface area contributed by atoms with Crippen molar-refractivity contribution in [2.45, 2.75) is 33.3 Å². The maximum Gasteiger partial charge on any atom is 0.387 e. The molecule has 0 spiro atoms. The Kier molecular flexibility index (Phi) is 6.80. The minimum Gasteiger partial charge on any atom is -0.483 e. The summed E-state index contributed by atoms with van der Waals surface area (Å²) in [6, 6.07) is 9.89. The molecular weight excluding hydrogens is 364 g/mol. The van der Waals surface area contributed by atoms with Gasteiger partial charge in [-0.15, -0.1) is 0 Å². The number of carbonyl (C=O) groups excluding carboxylic acids is 1. The number of rotatable bonds is 7. The highest BCUT2D eigenvalue weighted by atomic mass is 35.5. The molecule has 0 aliphatic carbocycles. The first-order valence-corrected chi connectivity index (χ1v) is 8.41. The van der Waals surface area contributed by atoms with E-state index < -0.39 is 6.61 Å². The molecule has 0 atom stereocenters. The molecule has 7 heteroatoms. The molecule has 0 saturated carbocycles. The molecule has 0 saturated heterocycles. The normalized spacial score (nSPS) is 10.9. The average molecular weight is 384 g/mol. The van der Waals surface area contributed by atoms with Crippen LogP contribution in [0.4, 0.5) is 14.5 Å². The number of halogens is 3. The molecule has 0 fully saturated rings. The number of hydrogen-bond donors (Lipinski definition) is 1. The fourth-order valence-corrected chi connectivity index (χ4v) is 2.58. The fraction of sp³-hybridized carbons (Fsp3) is 0.316. The monoisotopic (exact) mass is 383 g/mol. The van der Waals surface area contributed by atoms with Crippen molar-refractivity contribution in [3.05, 3.63) is 52.5 Å². The molecule has 0 radical (unpaired) electrons. The Morgan fingerprint density at radius 3 is 2.50 bits per heavy atom. The van der Waals surface area contributed by atoms with Crippen molar-refractivity contribution in [2.24, 2.45) is 0 Å². The van der Waals surface area contributed by atoms with Crippen LogP contribution in [0.1, 0.15) is 30.9 Å². The number of nitrogens with one attached hydrogen (secondary N) is 1. The largest absolute Gasteiger partial charge is 0.483 e. The number of anilines is 1. The minimum atomic E-state index is -2.97. The van der Waals surface area contributed by atoms with Gasteiger partial charge < -0.3 is 14.8 Å². The Balaban J connectivity index is 1.99. The molecule has 2 rings (SSSR count). The van der Waals surface area contributed by atoms with Gasteiger partial charge in [-0.1, -0.05) is 37.6 Å². The molecule has 140 valence electrons. The Hall–Kier alpha value is -2.34. The van der Waals surface area contributed by atoms with E-state index in [0.29, 0.717) is 11.4 Å². The van der Waals surface area contributed by atoms with Gasteiger partial charge in [-0.25, -0.2) is 0 Å². The number of hydrogen-bond acceptors (Lipinski definition) is 3. The van der Waals surface area contributed by atoms with Crippen LogP contribution in [-0.4, -0.2) is 19.1 Å². The molecule has 0 aliphatic heterocycles. The van der Waals surface area contributed by atoms with Gasteiger partial charge in [0.25, 0.3) is 5.91 Å². The predicted molar refractivity (Wildman–Crippen MR) is 97.5 cm³/mol. The lowest BCUT2D eigenvalue weighted by Crippen LogP contribution is -2.20. The number of carbonyl (C=O) groups is 1. The van der Waals surface area contributed by atoms with E-state index in [1.54, 1.807) is 0 Å². The van der Waals surface area contributed by atoms with Crippen LogP contribution < -0.4 is 14.8 Å². The highest BCUT2D eigenvalue weighted by molar-refractivity contribution is 6.32. The maximum atomic E-state index is 12.2. The Labute approximate surface area is 156 Å². The lowest BCUT2D eigenvalue weighted by molar-refractivity contribution is -0.118. The van der Waals surface area contributed by atoms with Gasteiger partial charge in [0.15, 0.2) is 6.61 Å². The van der Waals surface area contributed by atoms with Gasteiger partial charge in [0.1, 0.15) is 11.5 Å². The van der Waals surface area contributed by atoms with Crippen LogP contribution in [0.25, 0.3) is 0 Å². The molecule has 0 unspecified atom stereocenters. The van der Waals surface area contributed by atoms with Crippen molar-refractivity contribution < 1.29 is 23.0 Å². The van der Waals surface area contributed by atoms with Crippen LogP contribution >= 0.6 is 11.6 Å². The zero-order valence-electron chi connectivity index (χ0n) is 14.7. The summed E-state index contributed by atoms with van der Waals surface area (Å²) in [6.07, 6.45) is 0. The third kappa shape index (κ3) is 5.59. The Morgan fingerprint density at radius 2 is 1.88 bits per heavy atom. The minimum absolute atomic E-state index is 0.0233. The van der Waals surface area contributed by atoms with E-state index in [2.05, 4.69) is 10.1 Å². The standard InChI is InChI=1S/C19H20ClF2NO3/c1-11(2)14-6-4-12(3)8-17(14)25-10-18(24)23-13-5-7-16(15(20)9-13)26-19(21)22/h4-9,11,19H,10H2,1-3H3,(H,23,24). The van der Waals surface area contributed by atoms with Crippen molar-refractivity contribution in [2.75, 3.05) is 11.9 Å². The number of amides is 1. The van der Waals surface area contributed by atoms with E-state index in [1.165, 1.54) is 18.2 Å². The maximum absolute atomic E-state index is 12.2. The molecule has 0 aliphatic rings. The van der Waals surface area contributed by atoms with Crippen LogP contribution in [0, 0.1) is 6.92 Å². The molecule has 1 amide bonds. The van der Waals surface area contributed by atoms with Crippen LogP contribution in [-0.2, 0) is 4.79 Å². The van der Waals surface area contributed by atoms with Crippen LogP contribution in [0.2, 0.25) is 5.02 Å². The molecule has 1 N–H and O–H groups in total. The number of aryl methyl sites for hydroxylation is 1. The summed E-state index contributed by atoms with van der Waals surface area (Å²) >= 11 is 5.86. The van der Waals surface area contributed by atoms with Crippen molar-refractivity contribution in [1.82, 2.24) is 0 Å². The van der Waals surface area contributed by atoms with Crippen molar-refractivity contribution in [1.29, 1.82) is 0 Å². The van der Waals surface area contributed by atoms with E-state index in [4.69, 9.17) is 16.3 Å². The second kappa shape index (κ2) is 8.85. The molecule has 2 aromatic carbocycles. The molecular formula is C19H20ClF2NO3. The topological polar surface area (TPSA) is 47.6 Å².